The molecule has 0 aliphatic rings. The summed E-state index contributed by atoms with van der Waals surface area (Å²) in [6, 6.07) is 6.31. The molecule has 0 saturated heterocycles. The second-order valence-electron chi connectivity index (χ2n) is 5.74. The van der Waals surface area contributed by atoms with Gasteiger partial charge in [0.25, 0.3) is 0 Å². The van der Waals surface area contributed by atoms with E-state index in [1.807, 2.05) is 18.5 Å². The minimum absolute atomic E-state index is 0.321. The first-order chi connectivity index (χ1) is 12.7. The highest BCUT2D eigenvalue weighted by Crippen LogP contribution is 2.34. The lowest BCUT2D eigenvalue weighted by Crippen LogP contribution is -2.03. The number of methoxy groups -OCH3 is 1. The van der Waals surface area contributed by atoms with Crippen LogP contribution in [-0.4, -0.2) is 38.0 Å². The molecule has 4 aromatic rings. The van der Waals surface area contributed by atoms with Gasteiger partial charge in [-0.2, -0.15) is 5.10 Å². The van der Waals surface area contributed by atoms with E-state index < -0.39 is 0 Å². The average molecular weight is 372 g/mol. The average Bonchev–Trinajstić information content (AvgIpc) is 3.25. The molecule has 0 fully saturated rings. The van der Waals surface area contributed by atoms with E-state index in [-0.39, 0.29) is 5.82 Å². The molecular formula is C18H15ClFN5O. The molecule has 0 amide bonds. The molecule has 8 heteroatoms. The summed E-state index contributed by atoms with van der Waals surface area (Å²) in [4.78, 5) is 8.44. The smallest absolute Gasteiger partial charge is 0.150 e. The van der Waals surface area contributed by atoms with Crippen LogP contribution in [0.15, 0.2) is 49.2 Å². The lowest BCUT2D eigenvalue weighted by Gasteiger charge is -2.04. The topological polar surface area (TPSA) is 57.8 Å². The van der Waals surface area contributed by atoms with Crippen LogP contribution in [0.1, 0.15) is 0 Å². The fraction of sp³-hybridized carbons (Fsp3) is 0.167. The molecule has 3 aromatic heterocycles. The number of aromatic nitrogens is 5. The highest BCUT2D eigenvalue weighted by molar-refractivity contribution is 6.35. The van der Waals surface area contributed by atoms with Gasteiger partial charge in [0.05, 0.1) is 24.7 Å². The Morgan fingerprint density at radius 3 is 2.92 bits per heavy atom. The quantitative estimate of drug-likeness (QED) is 0.502. The molecular weight excluding hydrogens is 357 g/mol. The van der Waals surface area contributed by atoms with Crippen molar-refractivity contribution in [2.75, 3.05) is 13.7 Å². The van der Waals surface area contributed by atoms with Crippen molar-refractivity contribution in [1.82, 2.24) is 24.3 Å². The first-order valence-corrected chi connectivity index (χ1v) is 8.34. The van der Waals surface area contributed by atoms with Gasteiger partial charge in [-0.25, -0.2) is 14.4 Å². The number of hydrogen-bond acceptors (Lipinski definition) is 4. The third kappa shape index (κ3) is 2.95. The van der Waals surface area contributed by atoms with Crippen molar-refractivity contribution in [2.45, 2.75) is 6.54 Å². The third-order valence-corrected chi connectivity index (χ3v) is 4.38. The van der Waals surface area contributed by atoms with Crippen LogP contribution in [0, 0.1) is 5.82 Å². The summed E-state index contributed by atoms with van der Waals surface area (Å²) in [5.74, 6) is -0.321. The van der Waals surface area contributed by atoms with Crippen molar-refractivity contribution < 1.29 is 9.13 Å². The van der Waals surface area contributed by atoms with Gasteiger partial charge in [0, 0.05) is 36.3 Å². The molecule has 6 nitrogen and oxygen atoms in total. The largest absolute Gasteiger partial charge is 0.383 e. The van der Waals surface area contributed by atoms with E-state index in [4.69, 9.17) is 16.3 Å². The molecule has 132 valence electrons. The maximum atomic E-state index is 13.7. The molecule has 0 unspecified atom stereocenters. The summed E-state index contributed by atoms with van der Waals surface area (Å²) in [7, 11) is 1.65. The van der Waals surface area contributed by atoms with Crippen LogP contribution >= 0.6 is 11.6 Å². The van der Waals surface area contributed by atoms with Crippen LogP contribution in [0.5, 0.6) is 0 Å². The maximum Gasteiger partial charge on any atom is 0.150 e. The van der Waals surface area contributed by atoms with Gasteiger partial charge in [0.1, 0.15) is 22.9 Å². The second-order valence-corrected chi connectivity index (χ2v) is 6.10. The second kappa shape index (κ2) is 6.86. The number of fused-ring (bicyclic) bond motifs is 1. The maximum absolute atomic E-state index is 13.7. The SMILES string of the molecule is COCCn1cc(-c2cn(-c3cccc(F)c3)c3ncnc(Cl)c23)cn1. The molecule has 0 N–H and O–H groups in total. The normalized spacial score (nSPS) is 11.3. The minimum atomic E-state index is -0.321. The van der Waals surface area contributed by atoms with Crippen LogP contribution in [0.3, 0.4) is 0 Å². The fourth-order valence-electron chi connectivity index (χ4n) is 2.88. The Hall–Kier alpha value is -2.77. The first-order valence-electron chi connectivity index (χ1n) is 7.96. The summed E-state index contributed by atoms with van der Waals surface area (Å²) in [6.07, 6.45) is 6.93. The van der Waals surface area contributed by atoms with Gasteiger partial charge in [0.15, 0.2) is 0 Å². The van der Waals surface area contributed by atoms with Crippen LogP contribution < -0.4 is 0 Å². The summed E-state index contributed by atoms with van der Waals surface area (Å²) in [5, 5.41) is 5.38. The molecule has 0 aliphatic heterocycles. The van der Waals surface area contributed by atoms with Crippen molar-refractivity contribution in [2.24, 2.45) is 0 Å². The van der Waals surface area contributed by atoms with E-state index in [0.29, 0.717) is 35.0 Å². The number of nitrogens with zero attached hydrogens (tertiary/aromatic N) is 5. The fourth-order valence-corrected chi connectivity index (χ4v) is 3.11. The Morgan fingerprint density at radius 2 is 2.12 bits per heavy atom. The minimum Gasteiger partial charge on any atom is -0.383 e. The van der Waals surface area contributed by atoms with Crippen LogP contribution in [0.25, 0.3) is 27.8 Å². The van der Waals surface area contributed by atoms with Crippen LogP contribution in [0.4, 0.5) is 4.39 Å². The summed E-state index contributed by atoms with van der Waals surface area (Å²) >= 11 is 6.35. The van der Waals surface area contributed by atoms with Crippen molar-refractivity contribution in [3.63, 3.8) is 0 Å². The van der Waals surface area contributed by atoms with Gasteiger partial charge in [-0.05, 0) is 18.2 Å². The highest BCUT2D eigenvalue weighted by atomic mass is 35.5. The molecule has 3 heterocycles. The Balaban J connectivity index is 1.89. The molecule has 0 saturated carbocycles. The molecule has 0 atom stereocenters. The number of rotatable bonds is 5. The standard InChI is InChI=1S/C18H15ClFN5O/c1-26-6-5-24-9-12(8-23-24)15-10-25(14-4-2-3-13(20)7-14)18-16(15)17(19)21-11-22-18/h2-4,7-11H,5-6H2,1H3. The van der Waals surface area contributed by atoms with Crippen molar-refractivity contribution in [3.05, 3.63) is 60.2 Å². The summed E-state index contributed by atoms with van der Waals surface area (Å²) in [6.45, 7) is 1.21. The highest BCUT2D eigenvalue weighted by Gasteiger charge is 2.17. The number of hydrogen-bond donors (Lipinski definition) is 0. The van der Waals surface area contributed by atoms with Crippen molar-refractivity contribution >= 4 is 22.6 Å². The van der Waals surface area contributed by atoms with Gasteiger partial charge in [-0.1, -0.05) is 17.7 Å². The lowest BCUT2D eigenvalue weighted by molar-refractivity contribution is 0.183. The van der Waals surface area contributed by atoms with Gasteiger partial charge < -0.3 is 9.30 Å². The van der Waals surface area contributed by atoms with Gasteiger partial charge >= 0.3 is 0 Å². The van der Waals surface area contributed by atoms with Gasteiger partial charge in [-0.15, -0.1) is 0 Å². The number of halogens is 2. The predicted molar refractivity (Wildman–Crippen MR) is 96.9 cm³/mol. The van der Waals surface area contributed by atoms with Gasteiger partial charge in [0.2, 0.25) is 0 Å². The van der Waals surface area contributed by atoms with Crippen LogP contribution in [0.2, 0.25) is 5.15 Å². The Kier molecular flexibility index (Phi) is 4.40. The molecule has 4 rings (SSSR count). The monoisotopic (exact) mass is 371 g/mol. The van der Waals surface area contributed by atoms with E-state index in [2.05, 4.69) is 15.1 Å². The van der Waals surface area contributed by atoms with Crippen molar-refractivity contribution in [3.8, 4) is 16.8 Å². The Labute approximate surface area is 153 Å². The molecule has 26 heavy (non-hydrogen) atoms. The predicted octanol–water partition coefficient (Wildman–Crippen LogP) is 3.72. The van der Waals surface area contributed by atoms with E-state index in [0.717, 1.165) is 11.1 Å². The Morgan fingerprint density at radius 1 is 1.23 bits per heavy atom. The summed E-state index contributed by atoms with van der Waals surface area (Å²) in [5.41, 5.74) is 2.97. The third-order valence-electron chi connectivity index (χ3n) is 4.09. The van der Waals surface area contributed by atoms with Crippen molar-refractivity contribution in [1.29, 1.82) is 0 Å². The zero-order valence-electron chi connectivity index (χ0n) is 13.9. The number of ether oxygens (including phenoxy) is 1. The van der Waals surface area contributed by atoms with E-state index in [1.54, 1.807) is 28.6 Å². The number of benzene rings is 1. The molecule has 0 aliphatic carbocycles. The van der Waals surface area contributed by atoms with Crippen LogP contribution in [-0.2, 0) is 11.3 Å². The lowest BCUT2D eigenvalue weighted by atomic mass is 10.1. The molecule has 0 radical (unpaired) electrons. The zero-order valence-corrected chi connectivity index (χ0v) is 14.7. The Bertz CT molecular complexity index is 1070. The first kappa shape index (κ1) is 16.7. The van der Waals surface area contributed by atoms with Gasteiger partial charge in [-0.3, -0.25) is 4.68 Å². The summed E-state index contributed by atoms with van der Waals surface area (Å²) < 4.78 is 22.4. The molecule has 0 bridgehead atoms. The van der Waals surface area contributed by atoms with E-state index in [1.165, 1.54) is 18.5 Å². The molecule has 0 spiro atoms. The molecule has 1 aromatic carbocycles. The van der Waals surface area contributed by atoms with E-state index >= 15 is 0 Å². The zero-order chi connectivity index (χ0) is 18.1. The van der Waals surface area contributed by atoms with E-state index in [9.17, 15) is 4.39 Å².